The molecule has 0 aliphatic heterocycles. The summed E-state index contributed by atoms with van der Waals surface area (Å²) in [6.07, 6.45) is 11.1. The molecule has 3 atom stereocenters. The van der Waals surface area contributed by atoms with E-state index in [1.54, 1.807) is 6.92 Å². The van der Waals surface area contributed by atoms with Crippen molar-refractivity contribution < 1.29 is 9.53 Å². The molecule has 0 fully saturated rings. The Morgan fingerprint density at radius 3 is 2.19 bits per heavy atom. The summed E-state index contributed by atoms with van der Waals surface area (Å²) in [5, 5.41) is 9.78. The zero-order valence-corrected chi connectivity index (χ0v) is 15.2. The molecule has 3 unspecified atom stereocenters. The Hall–Kier alpha value is -1.18. The molecule has 0 rings (SSSR count). The van der Waals surface area contributed by atoms with Gasteiger partial charge in [0.2, 0.25) is 0 Å². The summed E-state index contributed by atoms with van der Waals surface area (Å²) in [7, 11) is -1.86. The summed E-state index contributed by atoms with van der Waals surface area (Å²) in [6, 6.07) is 0. The molecule has 21 heavy (non-hydrogen) atoms. The van der Waals surface area contributed by atoms with E-state index < -0.39 is 14.4 Å². The minimum absolute atomic E-state index is 0.131. The normalized spacial score (nSPS) is 15.9. The second kappa shape index (κ2) is 8.31. The van der Waals surface area contributed by atoms with Gasteiger partial charge >= 0.3 is 0 Å². The molecule has 0 saturated heterocycles. The largest absolute Gasteiger partial charge is 0.403 e. The van der Waals surface area contributed by atoms with Gasteiger partial charge in [0.15, 0.2) is 8.32 Å². The number of terminal acetylenes is 2. The van der Waals surface area contributed by atoms with E-state index in [1.807, 2.05) is 0 Å². The number of aliphatic hydroxyl groups excluding tert-OH is 1. The zero-order valence-electron chi connectivity index (χ0n) is 14.2. The van der Waals surface area contributed by atoms with Crippen LogP contribution < -0.4 is 0 Å². The van der Waals surface area contributed by atoms with Crippen molar-refractivity contribution in [2.75, 3.05) is 0 Å². The van der Waals surface area contributed by atoms with Crippen molar-refractivity contribution in [3.8, 4) is 36.5 Å². The first-order valence-corrected chi connectivity index (χ1v) is 10.2. The summed E-state index contributed by atoms with van der Waals surface area (Å²) in [5.41, 5.74) is 0. The van der Waals surface area contributed by atoms with Gasteiger partial charge in [-0.05, 0) is 31.5 Å². The molecule has 0 aliphatic carbocycles. The first-order chi connectivity index (χ1) is 9.55. The average Bonchev–Trinajstić information content (AvgIpc) is 2.39. The van der Waals surface area contributed by atoms with Crippen molar-refractivity contribution in [2.45, 2.75) is 70.9 Å². The van der Waals surface area contributed by atoms with Crippen molar-refractivity contribution in [1.29, 1.82) is 0 Å². The Balaban J connectivity index is 4.48. The molecule has 0 aliphatic rings. The topological polar surface area (TPSA) is 29.5 Å². The van der Waals surface area contributed by atoms with E-state index in [4.69, 9.17) is 17.3 Å². The van der Waals surface area contributed by atoms with Crippen molar-refractivity contribution >= 4 is 8.32 Å². The van der Waals surface area contributed by atoms with Crippen molar-refractivity contribution in [3.63, 3.8) is 0 Å². The maximum Gasteiger partial charge on any atom is 0.193 e. The van der Waals surface area contributed by atoms with Crippen LogP contribution in [0.5, 0.6) is 0 Å². The lowest BCUT2D eigenvalue weighted by atomic mass is 10.1. The molecule has 0 aromatic carbocycles. The SMILES string of the molecule is C#CC(CCC#CC(O)C(C)C#C)O[Si](C)(C)C(C)(C)C. The van der Waals surface area contributed by atoms with Crippen LogP contribution in [0.25, 0.3) is 0 Å². The predicted molar refractivity (Wildman–Crippen MR) is 91.9 cm³/mol. The maximum atomic E-state index is 9.65. The second-order valence-electron chi connectivity index (χ2n) is 6.79. The summed E-state index contributed by atoms with van der Waals surface area (Å²) in [5.74, 6) is 10.6. The van der Waals surface area contributed by atoms with E-state index in [0.717, 1.165) is 0 Å². The molecule has 0 spiro atoms. The van der Waals surface area contributed by atoms with Gasteiger partial charge in [0.25, 0.3) is 0 Å². The van der Waals surface area contributed by atoms with E-state index in [2.05, 4.69) is 57.5 Å². The fraction of sp³-hybridized carbons (Fsp3) is 0.667. The van der Waals surface area contributed by atoms with Crippen LogP contribution in [0.2, 0.25) is 18.1 Å². The van der Waals surface area contributed by atoms with Gasteiger partial charge in [-0.3, -0.25) is 0 Å². The van der Waals surface area contributed by atoms with Crippen LogP contribution in [0.1, 0.15) is 40.5 Å². The highest BCUT2D eigenvalue weighted by atomic mass is 28.4. The van der Waals surface area contributed by atoms with Crippen LogP contribution in [-0.2, 0) is 4.43 Å². The molecule has 0 saturated carbocycles. The lowest BCUT2D eigenvalue weighted by Gasteiger charge is -2.38. The third kappa shape index (κ3) is 6.88. The van der Waals surface area contributed by atoms with Gasteiger partial charge in [0, 0.05) is 6.42 Å². The van der Waals surface area contributed by atoms with Crippen molar-refractivity contribution in [3.05, 3.63) is 0 Å². The molecule has 0 amide bonds. The molecule has 0 heterocycles. The minimum Gasteiger partial charge on any atom is -0.403 e. The standard InChI is InChI=1S/C18H28O2Si/c1-9-15(3)17(19)14-12-11-13-16(10-2)20-21(7,8)18(4,5)6/h1-2,15-17,19H,11,13H2,3-8H3. The van der Waals surface area contributed by atoms with E-state index in [1.165, 1.54) is 0 Å². The Bertz CT molecular complexity index is 463. The van der Waals surface area contributed by atoms with E-state index in [9.17, 15) is 5.11 Å². The lowest BCUT2D eigenvalue weighted by Crippen LogP contribution is -2.43. The quantitative estimate of drug-likeness (QED) is 0.623. The van der Waals surface area contributed by atoms with Gasteiger partial charge in [0.05, 0.1) is 5.92 Å². The molecule has 0 radical (unpaired) electrons. The summed E-state index contributed by atoms with van der Waals surface area (Å²) in [4.78, 5) is 0. The molecule has 1 N–H and O–H groups in total. The molecule has 2 nitrogen and oxygen atoms in total. The first-order valence-electron chi connectivity index (χ1n) is 7.31. The van der Waals surface area contributed by atoms with Crippen LogP contribution >= 0.6 is 0 Å². The van der Waals surface area contributed by atoms with E-state index in [0.29, 0.717) is 12.8 Å². The third-order valence-electron chi connectivity index (χ3n) is 3.95. The predicted octanol–water partition coefficient (Wildman–Crippen LogP) is 3.42. The van der Waals surface area contributed by atoms with Crippen LogP contribution in [0.15, 0.2) is 0 Å². The number of hydrogen-bond acceptors (Lipinski definition) is 2. The molecule has 3 heteroatoms. The number of aliphatic hydroxyl groups is 1. The van der Waals surface area contributed by atoms with Gasteiger partial charge < -0.3 is 9.53 Å². The first kappa shape index (κ1) is 19.8. The maximum absolute atomic E-state index is 9.65. The number of rotatable bonds is 5. The fourth-order valence-corrected chi connectivity index (χ4v) is 2.56. The van der Waals surface area contributed by atoms with Gasteiger partial charge in [-0.1, -0.05) is 38.5 Å². The highest BCUT2D eigenvalue weighted by Crippen LogP contribution is 2.37. The van der Waals surface area contributed by atoms with E-state index >= 15 is 0 Å². The second-order valence-corrected chi connectivity index (χ2v) is 11.5. The van der Waals surface area contributed by atoms with Gasteiger partial charge in [0.1, 0.15) is 12.2 Å². The Morgan fingerprint density at radius 1 is 1.19 bits per heavy atom. The molecular weight excluding hydrogens is 276 g/mol. The molecule has 0 aromatic rings. The smallest absolute Gasteiger partial charge is 0.193 e. The van der Waals surface area contributed by atoms with Crippen LogP contribution in [-0.4, -0.2) is 25.6 Å². The van der Waals surface area contributed by atoms with Crippen LogP contribution in [0.4, 0.5) is 0 Å². The highest BCUT2D eigenvalue weighted by Gasteiger charge is 2.38. The summed E-state index contributed by atoms with van der Waals surface area (Å²) in [6.45, 7) is 12.7. The fourth-order valence-electron chi connectivity index (χ4n) is 1.30. The molecular formula is C18H28O2Si. The van der Waals surface area contributed by atoms with Gasteiger partial charge in [-0.2, -0.15) is 0 Å². The van der Waals surface area contributed by atoms with Crippen molar-refractivity contribution in [1.82, 2.24) is 0 Å². The summed E-state index contributed by atoms with van der Waals surface area (Å²) < 4.78 is 6.17. The molecule has 0 bridgehead atoms. The van der Waals surface area contributed by atoms with E-state index in [-0.39, 0.29) is 17.1 Å². The monoisotopic (exact) mass is 304 g/mol. The molecule has 116 valence electrons. The van der Waals surface area contributed by atoms with Crippen molar-refractivity contribution in [2.24, 2.45) is 5.92 Å². The van der Waals surface area contributed by atoms with Gasteiger partial charge in [-0.15, -0.1) is 18.8 Å². The van der Waals surface area contributed by atoms with Crippen LogP contribution in [0.3, 0.4) is 0 Å². The summed E-state index contributed by atoms with van der Waals surface area (Å²) >= 11 is 0. The minimum atomic E-state index is -1.86. The molecule has 0 aromatic heterocycles. The third-order valence-corrected chi connectivity index (χ3v) is 8.43. The van der Waals surface area contributed by atoms with Gasteiger partial charge in [-0.25, -0.2) is 0 Å². The highest BCUT2D eigenvalue weighted by molar-refractivity contribution is 6.74. The number of hydrogen-bond donors (Lipinski definition) is 1. The lowest BCUT2D eigenvalue weighted by molar-refractivity contribution is 0.198. The Labute approximate surface area is 131 Å². The Morgan fingerprint density at radius 2 is 1.76 bits per heavy atom. The average molecular weight is 305 g/mol. The Kier molecular flexibility index (Phi) is 7.84. The zero-order chi connectivity index (χ0) is 16.7. The van der Waals surface area contributed by atoms with Crippen LogP contribution in [0, 0.1) is 42.4 Å².